The van der Waals surface area contributed by atoms with Gasteiger partial charge < -0.3 is 9.84 Å². The van der Waals surface area contributed by atoms with Crippen LogP contribution in [0.5, 0.6) is 5.75 Å². The second kappa shape index (κ2) is 9.16. The van der Waals surface area contributed by atoms with Crippen LogP contribution in [0, 0.1) is 5.82 Å². The minimum atomic E-state index is -0.193. The minimum Gasteiger partial charge on any atom is -0.497 e. The molecule has 24 heavy (non-hydrogen) atoms. The van der Waals surface area contributed by atoms with Crippen molar-refractivity contribution in [3.05, 3.63) is 41.2 Å². The Hall–Kier alpha value is -1.43. The van der Waals surface area contributed by atoms with Gasteiger partial charge in [-0.3, -0.25) is 9.80 Å². The Balaban J connectivity index is 2.02. The molecule has 0 radical (unpaired) electrons. The fourth-order valence-corrected chi connectivity index (χ4v) is 3.10. The molecule has 1 aliphatic rings. The summed E-state index contributed by atoms with van der Waals surface area (Å²) in [5.41, 5.74) is 1.97. The van der Waals surface area contributed by atoms with Gasteiger partial charge in [-0.2, -0.15) is 0 Å². The zero-order valence-electron chi connectivity index (χ0n) is 15.0. The van der Waals surface area contributed by atoms with Gasteiger partial charge in [0.15, 0.2) is 0 Å². The second-order valence-corrected chi connectivity index (χ2v) is 6.63. The molecule has 1 N–H and O–H groups in total. The van der Waals surface area contributed by atoms with Gasteiger partial charge in [-0.15, -0.1) is 0 Å². The number of aliphatic hydroxyl groups excluding tert-OH is 1. The number of allylic oxidation sites excluding steroid dienone is 1. The first-order valence-electron chi connectivity index (χ1n) is 8.56. The van der Waals surface area contributed by atoms with E-state index in [0.29, 0.717) is 23.9 Å². The molecule has 4 nitrogen and oxygen atoms in total. The van der Waals surface area contributed by atoms with Crippen LogP contribution in [-0.2, 0) is 6.54 Å². The summed E-state index contributed by atoms with van der Waals surface area (Å²) in [7, 11) is 1.59. The topological polar surface area (TPSA) is 35.9 Å². The van der Waals surface area contributed by atoms with Crippen molar-refractivity contribution >= 4 is 0 Å². The van der Waals surface area contributed by atoms with Crippen molar-refractivity contribution in [3.63, 3.8) is 0 Å². The highest BCUT2D eigenvalue weighted by molar-refractivity contribution is 5.29. The van der Waals surface area contributed by atoms with Gasteiger partial charge in [0.25, 0.3) is 0 Å². The van der Waals surface area contributed by atoms with E-state index < -0.39 is 0 Å². The van der Waals surface area contributed by atoms with Gasteiger partial charge in [0, 0.05) is 50.9 Å². The number of rotatable bonds is 7. The largest absolute Gasteiger partial charge is 0.497 e. The fourth-order valence-electron chi connectivity index (χ4n) is 3.10. The van der Waals surface area contributed by atoms with Crippen LogP contribution >= 0.6 is 0 Å². The number of piperazine rings is 1. The van der Waals surface area contributed by atoms with E-state index in [1.807, 2.05) is 0 Å². The van der Waals surface area contributed by atoms with Crippen molar-refractivity contribution in [2.45, 2.75) is 32.9 Å². The average molecular weight is 336 g/mol. The first-order valence-corrected chi connectivity index (χ1v) is 8.56. The summed E-state index contributed by atoms with van der Waals surface area (Å²) in [6.45, 7) is 8.53. The average Bonchev–Trinajstić information content (AvgIpc) is 2.56. The normalized spacial score (nSPS) is 19.3. The third kappa shape index (κ3) is 5.30. The second-order valence-electron chi connectivity index (χ2n) is 6.63. The number of hydrogen-bond acceptors (Lipinski definition) is 4. The molecule has 0 aromatic heterocycles. The lowest BCUT2D eigenvalue weighted by molar-refractivity contribution is 0.0630. The Kier molecular flexibility index (Phi) is 7.21. The molecule has 2 rings (SSSR count). The molecule has 0 spiro atoms. The first kappa shape index (κ1) is 18.9. The van der Waals surface area contributed by atoms with Gasteiger partial charge >= 0.3 is 0 Å². The molecule has 1 aromatic rings. The maximum Gasteiger partial charge on any atom is 0.127 e. The van der Waals surface area contributed by atoms with Crippen LogP contribution in [0.2, 0.25) is 0 Å². The van der Waals surface area contributed by atoms with Crippen LogP contribution in [0.1, 0.15) is 25.8 Å². The highest BCUT2D eigenvalue weighted by atomic mass is 19.1. The fraction of sp³-hybridized carbons (Fsp3) is 0.579. The molecule has 0 saturated carbocycles. The van der Waals surface area contributed by atoms with Gasteiger partial charge in [-0.25, -0.2) is 4.39 Å². The molecule has 1 fully saturated rings. The molecule has 1 atom stereocenters. The summed E-state index contributed by atoms with van der Waals surface area (Å²) in [6, 6.07) is 5.18. The predicted molar refractivity (Wildman–Crippen MR) is 94.7 cm³/mol. The summed E-state index contributed by atoms with van der Waals surface area (Å²) in [5.74, 6) is 0.488. The Labute approximate surface area is 144 Å². The summed E-state index contributed by atoms with van der Waals surface area (Å²) >= 11 is 0. The van der Waals surface area contributed by atoms with Crippen molar-refractivity contribution in [1.29, 1.82) is 0 Å². The number of benzene rings is 1. The molecule has 5 heteroatoms. The third-order valence-corrected chi connectivity index (χ3v) is 4.53. The van der Waals surface area contributed by atoms with Gasteiger partial charge in [0.2, 0.25) is 0 Å². The summed E-state index contributed by atoms with van der Waals surface area (Å²) in [4.78, 5) is 4.67. The smallest absolute Gasteiger partial charge is 0.127 e. The molecule has 1 aliphatic heterocycles. The Morgan fingerprint density at radius 1 is 1.38 bits per heavy atom. The number of aliphatic hydroxyl groups is 1. The molecular weight excluding hydrogens is 307 g/mol. The van der Waals surface area contributed by atoms with Gasteiger partial charge in [-0.05, 0) is 38.5 Å². The van der Waals surface area contributed by atoms with Crippen LogP contribution < -0.4 is 4.74 Å². The summed E-state index contributed by atoms with van der Waals surface area (Å²) in [6.07, 6.45) is 2.97. The van der Waals surface area contributed by atoms with E-state index in [0.717, 1.165) is 32.6 Å². The molecule has 0 amide bonds. The van der Waals surface area contributed by atoms with Crippen LogP contribution in [0.4, 0.5) is 4.39 Å². The molecule has 1 unspecified atom stereocenters. The number of methoxy groups -OCH3 is 1. The molecule has 1 heterocycles. The number of ether oxygens (including phenoxy) is 1. The Morgan fingerprint density at radius 2 is 2.17 bits per heavy atom. The molecule has 1 saturated heterocycles. The van der Waals surface area contributed by atoms with E-state index in [4.69, 9.17) is 4.74 Å². The van der Waals surface area contributed by atoms with Crippen molar-refractivity contribution in [2.24, 2.45) is 0 Å². The van der Waals surface area contributed by atoms with Crippen molar-refractivity contribution < 1.29 is 14.2 Å². The van der Waals surface area contributed by atoms with Gasteiger partial charge in [-0.1, -0.05) is 11.6 Å². The zero-order chi connectivity index (χ0) is 17.5. The number of nitrogens with zero attached hydrogens (tertiary/aromatic N) is 2. The predicted octanol–water partition coefficient (Wildman–Crippen LogP) is 2.67. The molecule has 0 bridgehead atoms. The summed E-state index contributed by atoms with van der Waals surface area (Å²) in [5, 5.41) is 9.36. The standard InChI is InChI=1S/C19H29FN2O2/c1-15(2)6-8-22-10-9-21(14-17(22)7-11-23)13-16-12-18(24-3)4-5-19(16)20/h4-6,12,17,23H,7-11,13-14H2,1-3H3. The van der Waals surface area contributed by atoms with E-state index in [2.05, 4.69) is 29.7 Å². The highest BCUT2D eigenvalue weighted by Gasteiger charge is 2.26. The molecule has 1 aromatic carbocycles. The van der Waals surface area contributed by atoms with Crippen LogP contribution in [0.25, 0.3) is 0 Å². The van der Waals surface area contributed by atoms with Crippen molar-refractivity contribution in [3.8, 4) is 5.75 Å². The van der Waals surface area contributed by atoms with Crippen molar-refractivity contribution in [1.82, 2.24) is 9.80 Å². The molecule has 134 valence electrons. The van der Waals surface area contributed by atoms with Crippen LogP contribution in [0.3, 0.4) is 0 Å². The van der Waals surface area contributed by atoms with Crippen molar-refractivity contribution in [2.75, 3.05) is 39.9 Å². The summed E-state index contributed by atoms with van der Waals surface area (Å²) < 4.78 is 19.2. The van der Waals surface area contributed by atoms with E-state index in [1.165, 1.54) is 11.6 Å². The van der Waals surface area contributed by atoms with Crippen LogP contribution in [-0.4, -0.2) is 60.8 Å². The number of hydrogen-bond donors (Lipinski definition) is 1. The third-order valence-electron chi connectivity index (χ3n) is 4.53. The van der Waals surface area contributed by atoms with Gasteiger partial charge in [0.05, 0.1) is 7.11 Å². The zero-order valence-corrected chi connectivity index (χ0v) is 15.0. The first-order chi connectivity index (χ1) is 11.5. The van der Waals surface area contributed by atoms with Crippen LogP contribution in [0.15, 0.2) is 29.8 Å². The lowest BCUT2D eigenvalue weighted by atomic mass is 10.1. The van der Waals surface area contributed by atoms with E-state index in [-0.39, 0.29) is 12.4 Å². The maximum absolute atomic E-state index is 14.1. The quantitative estimate of drug-likeness (QED) is 0.777. The highest BCUT2D eigenvalue weighted by Crippen LogP contribution is 2.21. The Morgan fingerprint density at radius 3 is 2.83 bits per heavy atom. The van der Waals surface area contributed by atoms with E-state index in [9.17, 15) is 9.50 Å². The lowest BCUT2D eigenvalue weighted by Gasteiger charge is -2.41. The number of halogens is 1. The Bertz CT molecular complexity index is 558. The SMILES string of the molecule is COc1ccc(F)c(CN2CCN(CC=C(C)C)C(CCO)C2)c1. The minimum absolute atomic E-state index is 0.178. The van der Waals surface area contributed by atoms with Gasteiger partial charge in [0.1, 0.15) is 11.6 Å². The van der Waals surface area contributed by atoms with E-state index in [1.54, 1.807) is 19.2 Å². The van der Waals surface area contributed by atoms with E-state index >= 15 is 0 Å². The monoisotopic (exact) mass is 336 g/mol. The maximum atomic E-state index is 14.1. The molecule has 0 aliphatic carbocycles. The molecular formula is C19H29FN2O2. The lowest BCUT2D eigenvalue weighted by Crippen LogP contribution is -2.53.